The smallest absolute Gasteiger partial charge is 0.120 e. The molecule has 1 heterocycles. The zero-order chi connectivity index (χ0) is 13.8. The number of hydrogen-bond donors (Lipinski definition) is 1. The molecule has 19 heavy (non-hydrogen) atoms. The van der Waals surface area contributed by atoms with Crippen molar-refractivity contribution in [1.29, 1.82) is 0 Å². The molecule has 3 heteroatoms. The Bertz CT molecular complexity index is 529. The van der Waals surface area contributed by atoms with Crippen LogP contribution in [0.2, 0.25) is 0 Å². The number of fused-ring (bicyclic) bond motifs is 1. The summed E-state index contributed by atoms with van der Waals surface area (Å²) in [5.74, 6) is 0.945. The van der Waals surface area contributed by atoms with Crippen molar-refractivity contribution in [3.8, 4) is 5.75 Å². The van der Waals surface area contributed by atoms with E-state index < -0.39 is 0 Å². The monoisotopic (exact) mass is 260 g/mol. The van der Waals surface area contributed by atoms with Crippen LogP contribution in [-0.4, -0.2) is 23.3 Å². The minimum absolute atomic E-state index is 0.217. The Kier molecular flexibility index (Phi) is 4.48. The van der Waals surface area contributed by atoms with Crippen molar-refractivity contribution in [3.05, 3.63) is 30.5 Å². The maximum absolute atomic E-state index is 5.72. The maximum Gasteiger partial charge on any atom is 0.120 e. The number of aromatic nitrogens is 1. The fourth-order valence-electron chi connectivity index (χ4n) is 2.19. The lowest BCUT2D eigenvalue weighted by Crippen LogP contribution is -2.26. The highest BCUT2D eigenvalue weighted by Crippen LogP contribution is 2.22. The van der Waals surface area contributed by atoms with E-state index in [0.29, 0.717) is 6.04 Å². The Labute approximate surface area is 115 Å². The number of benzene rings is 1. The zero-order valence-corrected chi connectivity index (χ0v) is 12.3. The molecule has 2 aromatic rings. The van der Waals surface area contributed by atoms with E-state index in [-0.39, 0.29) is 6.10 Å². The minimum atomic E-state index is 0.217. The van der Waals surface area contributed by atoms with Gasteiger partial charge in [-0.15, -0.1) is 0 Å². The van der Waals surface area contributed by atoms with Crippen LogP contribution in [0, 0.1) is 0 Å². The van der Waals surface area contributed by atoms with Crippen molar-refractivity contribution >= 4 is 10.9 Å². The van der Waals surface area contributed by atoms with Gasteiger partial charge in [0, 0.05) is 36.2 Å². The molecule has 1 N–H and O–H groups in total. The van der Waals surface area contributed by atoms with Crippen LogP contribution in [0.5, 0.6) is 5.75 Å². The predicted molar refractivity (Wildman–Crippen MR) is 80.8 cm³/mol. The van der Waals surface area contributed by atoms with Gasteiger partial charge in [0.05, 0.1) is 6.10 Å². The lowest BCUT2D eigenvalue weighted by molar-refractivity contribution is 0.243. The van der Waals surface area contributed by atoms with Crippen LogP contribution in [0.15, 0.2) is 30.5 Å². The third-order valence-corrected chi connectivity index (χ3v) is 3.02. The van der Waals surface area contributed by atoms with E-state index in [2.05, 4.69) is 54.2 Å². The number of nitrogens with zero attached hydrogens (tertiary/aromatic N) is 1. The molecule has 0 aliphatic heterocycles. The van der Waals surface area contributed by atoms with Crippen molar-refractivity contribution in [1.82, 2.24) is 9.88 Å². The standard InChI is InChI=1S/C16H24N2O/c1-12(2)17-8-10-18-9-7-14-11-15(19-13(3)4)5-6-16(14)18/h5-7,9,11-13,17H,8,10H2,1-4H3. The summed E-state index contributed by atoms with van der Waals surface area (Å²) in [7, 11) is 0. The molecule has 0 aliphatic carbocycles. The van der Waals surface area contributed by atoms with Gasteiger partial charge in [0.1, 0.15) is 5.75 Å². The molecule has 3 nitrogen and oxygen atoms in total. The van der Waals surface area contributed by atoms with Crippen LogP contribution in [0.3, 0.4) is 0 Å². The van der Waals surface area contributed by atoms with E-state index in [4.69, 9.17) is 4.74 Å². The Hall–Kier alpha value is -1.48. The van der Waals surface area contributed by atoms with E-state index in [1.165, 1.54) is 10.9 Å². The van der Waals surface area contributed by atoms with Crippen molar-refractivity contribution < 1.29 is 4.74 Å². The van der Waals surface area contributed by atoms with E-state index >= 15 is 0 Å². The highest BCUT2D eigenvalue weighted by Gasteiger charge is 2.04. The van der Waals surface area contributed by atoms with Gasteiger partial charge in [-0.05, 0) is 38.1 Å². The van der Waals surface area contributed by atoms with Crippen molar-refractivity contribution in [2.45, 2.75) is 46.4 Å². The van der Waals surface area contributed by atoms with Crippen LogP contribution < -0.4 is 10.1 Å². The topological polar surface area (TPSA) is 26.2 Å². The molecule has 0 fully saturated rings. The second kappa shape index (κ2) is 6.11. The summed E-state index contributed by atoms with van der Waals surface area (Å²) in [6.07, 6.45) is 2.36. The molecule has 2 rings (SSSR count). The van der Waals surface area contributed by atoms with Crippen LogP contribution >= 0.6 is 0 Å². The first-order valence-electron chi connectivity index (χ1n) is 7.05. The predicted octanol–water partition coefficient (Wildman–Crippen LogP) is 3.43. The molecule has 0 radical (unpaired) electrons. The van der Waals surface area contributed by atoms with Gasteiger partial charge in [-0.2, -0.15) is 0 Å². The molecule has 0 unspecified atom stereocenters. The fourth-order valence-corrected chi connectivity index (χ4v) is 2.19. The second-order valence-electron chi connectivity index (χ2n) is 5.51. The van der Waals surface area contributed by atoms with Crippen LogP contribution in [-0.2, 0) is 6.54 Å². The summed E-state index contributed by atoms with van der Waals surface area (Å²) in [6, 6.07) is 8.99. The molecule has 0 aliphatic rings. The molecule has 0 bridgehead atoms. The molecule has 104 valence electrons. The average molecular weight is 260 g/mol. The molecule has 1 aromatic heterocycles. The third-order valence-electron chi connectivity index (χ3n) is 3.02. The molecule has 0 saturated heterocycles. The quantitative estimate of drug-likeness (QED) is 0.861. The van der Waals surface area contributed by atoms with Crippen molar-refractivity contribution in [3.63, 3.8) is 0 Å². The minimum Gasteiger partial charge on any atom is -0.491 e. The molecule has 0 amide bonds. The zero-order valence-electron chi connectivity index (χ0n) is 12.3. The number of nitrogens with one attached hydrogen (secondary N) is 1. The summed E-state index contributed by atoms with van der Waals surface area (Å²) >= 11 is 0. The van der Waals surface area contributed by atoms with Gasteiger partial charge in [-0.25, -0.2) is 0 Å². The van der Waals surface area contributed by atoms with Gasteiger partial charge in [0.25, 0.3) is 0 Å². The number of rotatable bonds is 6. The van der Waals surface area contributed by atoms with Gasteiger partial charge >= 0.3 is 0 Å². The van der Waals surface area contributed by atoms with Gasteiger partial charge < -0.3 is 14.6 Å². The molecule has 1 aromatic carbocycles. The molecule has 0 spiro atoms. The molecule has 0 atom stereocenters. The summed E-state index contributed by atoms with van der Waals surface area (Å²) in [5, 5.41) is 4.68. The van der Waals surface area contributed by atoms with Crippen LogP contribution in [0.1, 0.15) is 27.7 Å². The third kappa shape index (κ3) is 3.74. The first kappa shape index (κ1) is 13.9. The highest BCUT2D eigenvalue weighted by atomic mass is 16.5. The van der Waals surface area contributed by atoms with E-state index in [1.54, 1.807) is 0 Å². The van der Waals surface area contributed by atoms with Crippen molar-refractivity contribution in [2.75, 3.05) is 6.54 Å². The fraction of sp³-hybridized carbons (Fsp3) is 0.500. The van der Waals surface area contributed by atoms with Gasteiger partial charge in [-0.3, -0.25) is 0 Å². The molecular weight excluding hydrogens is 236 g/mol. The molecular formula is C16H24N2O. The SMILES string of the molecule is CC(C)NCCn1ccc2cc(OC(C)C)ccc21. The highest BCUT2D eigenvalue weighted by molar-refractivity contribution is 5.81. The van der Waals surface area contributed by atoms with Crippen LogP contribution in [0.25, 0.3) is 10.9 Å². The first-order chi connectivity index (χ1) is 9.06. The lowest BCUT2D eigenvalue weighted by atomic mass is 10.2. The van der Waals surface area contributed by atoms with Gasteiger partial charge in [0.15, 0.2) is 0 Å². The largest absolute Gasteiger partial charge is 0.491 e. The van der Waals surface area contributed by atoms with Gasteiger partial charge in [0.2, 0.25) is 0 Å². The Morgan fingerprint density at radius 1 is 1.16 bits per heavy atom. The Morgan fingerprint density at radius 3 is 2.63 bits per heavy atom. The van der Waals surface area contributed by atoms with Crippen molar-refractivity contribution in [2.24, 2.45) is 0 Å². The van der Waals surface area contributed by atoms with E-state index in [9.17, 15) is 0 Å². The summed E-state index contributed by atoms with van der Waals surface area (Å²) in [5.41, 5.74) is 1.27. The van der Waals surface area contributed by atoms with E-state index in [1.807, 2.05) is 13.8 Å². The summed E-state index contributed by atoms with van der Waals surface area (Å²) in [4.78, 5) is 0. The van der Waals surface area contributed by atoms with Gasteiger partial charge in [-0.1, -0.05) is 13.8 Å². The summed E-state index contributed by atoms with van der Waals surface area (Å²) < 4.78 is 8.00. The maximum atomic E-state index is 5.72. The average Bonchev–Trinajstić information content (AvgIpc) is 2.70. The second-order valence-corrected chi connectivity index (χ2v) is 5.51. The number of hydrogen-bond acceptors (Lipinski definition) is 2. The molecule has 0 saturated carbocycles. The summed E-state index contributed by atoms with van der Waals surface area (Å²) in [6.45, 7) is 10.4. The normalized spacial score (nSPS) is 11.7. The Morgan fingerprint density at radius 2 is 1.95 bits per heavy atom. The first-order valence-corrected chi connectivity index (χ1v) is 7.05. The lowest BCUT2D eigenvalue weighted by Gasteiger charge is -2.11. The number of ether oxygens (including phenoxy) is 1. The van der Waals surface area contributed by atoms with Crippen LogP contribution in [0.4, 0.5) is 0 Å². The Balaban J connectivity index is 2.10. The van der Waals surface area contributed by atoms with E-state index in [0.717, 1.165) is 18.8 Å².